The van der Waals surface area contributed by atoms with Gasteiger partial charge >= 0.3 is 5.97 Å². The molecule has 3 N–H and O–H groups in total. The number of benzene rings is 1. The third-order valence-electron chi connectivity index (χ3n) is 2.79. The summed E-state index contributed by atoms with van der Waals surface area (Å²) >= 11 is 0. The summed E-state index contributed by atoms with van der Waals surface area (Å²) in [7, 11) is 0. The van der Waals surface area contributed by atoms with Crippen molar-refractivity contribution in [3.63, 3.8) is 0 Å². The van der Waals surface area contributed by atoms with Gasteiger partial charge < -0.3 is 10.8 Å². The van der Waals surface area contributed by atoms with E-state index in [9.17, 15) is 4.79 Å². The second-order valence-corrected chi connectivity index (χ2v) is 4.28. The Labute approximate surface area is 112 Å². The summed E-state index contributed by atoms with van der Waals surface area (Å²) in [5.41, 5.74) is 8.50. The lowest BCUT2D eigenvalue weighted by molar-refractivity contribution is -0.131. The van der Waals surface area contributed by atoms with Gasteiger partial charge in [-0.2, -0.15) is 0 Å². The van der Waals surface area contributed by atoms with Crippen molar-refractivity contribution >= 4 is 12.0 Å². The van der Waals surface area contributed by atoms with Crippen molar-refractivity contribution in [2.75, 3.05) is 0 Å². The molecule has 1 aliphatic carbocycles. The predicted octanol–water partition coefficient (Wildman–Crippen LogP) is 2.74. The quantitative estimate of drug-likeness (QED) is 0.814. The first-order valence-electron chi connectivity index (χ1n) is 5.98. The summed E-state index contributed by atoms with van der Waals surface area (Å²) in [6, 6.07) is 9.86. The van der Waals surface area contributed by atoms with Gasteiger partial charge in [0.05, 0.1) is 0 Å². The Morgan fingerprint density at radius 2 is 2.00 bits per heavy atom. The van der Waals surface area contributed by atoms with Crippen molar-refractivity contribution in [2.24, 2.45) is 11.7 Å². The van der Waals surface area contributed by atoms with Gasteiger partial charge in [-0.1, -0.05) is 48.6 Å². The number of allylic oxidation sites excluding steroid dienone is 5. The summed E-state index contributed by atoms with van der Waals surface area (Å²) in [6.45, 7) is 0. The highest BCUT2D eigenvalue weighted by atomic mass is 16.4. The highest BCUT2D eigenvalue weighted by Gasteiger charge is 2.11. The molecule has 0 aliphatic heterocycles. The number of aliphatic carboxylic acids is 1. The lowest BCUT2D eigenvalue weighted by Crippen LogP contribution is -2.06. The van der Waals surface area contributed by atoms with Crippen molar-refractivity contribution in [3.8, 4) is 0 Å². The SMILES string of the molecule is NC1=CC(=Cc2ccccc2)C(C=CC(=O)O)C=C1. The molecule has 3 heteroatoms. The zero-order chi connectivity index (χ0) is 13.7. The number of carboxylic acid groups (broad SMARTS) is 1. The van der Waals surface area contributed by atoms with Crippen LogP contribution in [-0.2, 0) is 4.79 Å². The predicted molar refractivity (Wildman–Crippen MR) is 76.1 cm³/mol. The Bertz CT molecular complexity index is 580. The summed E-state index contributed by atoms with van der Waals surface area (Å²) in [6.07, 6.45) is 10.4. The van der Waals surface area contributed by atoms with E-state index in [0.717, 1.165) is 17.2 Å². The fourth-order valence-corrected chi connectivity index (χ4v) is 1.90. The number of rotatable bonds is 3. The molecule has 0 saturated heterocycles. The van der Waals surface area contributed by atoms with Crippen LogP contribution in [0.5, 0.6) is 0 Å². The van der Waals surface area contributed by atoms with Gasteiger partial charge in [0.2, 0.25) is 0 Å². The average Bonchev–Trinajstić information content (AvgIpc) is 2.39. The van der Waals surface area contributed by atoms with Gasteiger partial charge in [-0.05, 0) is 23.3 Å². The number of carboxylic acids is 1. The Hall–Kier alpha value is -2.55. The van der Waals surface area contributed by atoms with E-state index in [2.05, 4.69) is 0 Å². The molecule has 0 saturated carbocycles. The minimum absolute atomic E-state index is 0.0661. The van der Waals surface area contributed by atoms with Gasteiger partial charge in [-0.3, -0.25) is 0 Å². The van der Waals surface area contributed by atoms with E-state index in [1.807, 2.05) is 48.6 Å². The van der Waals surface area contributed by atoms with E-state index >= 15 is 0 Å². The zero-order valence-electron chi connectivity index (χ0n) is 10.4. The maximum Gasteiger partial charge on any atom is 0.328 e. The van der Waals surface area contributed by atoms with Gasteiger partial charge in [0.15, 0.2) is 0 Å². The fraction of sp³-hybridized carbons (Fsp3) is 0.0625. The van der Waals surface area contributed by atoms with E-state index in [0.29, 0.717) is 5.70 Å². The van der Waals surface area contributed by atoms with E-state index in [4.69, 9.17) is 10.8 Å². The summed E-state index contributed by atoms with van der Waals surface area (Å²) in [5.74, 6) is -1.02. The molecule has 0 radical (unpaired) electrons. The number of nitrogens with two attached hydrogens (primary N) is 1. The van der Waals surface area contributed by atoms with Gasteiger partial charge in [0.1, 0.15) is 0 Å². The second kappa shape index (κ2) is 5.87. The third kappa shape index (κ3) is 3.71. The highest BCUT2D eigenvalue weighted by molar-refractivity contribution is 5.80. The molecule has 0 amide bonds. The van der Waals surface area contributed by atoms with Crippen molar-refractivity contribution < 1.29 is 9.90 Å². The minimum Gasteiger partial charge on any atom is -0.478 e. The topological polar surface area (TPSA) is 63.3 Å². The summed E-state index contributed by atoms with van der Waals surface area (Å²) < 4.78 is 0. The highest BCUT2D eigenvalue weighted by Crippen LogP contribution is 2.24. The normalized spacial score (nSPS) is 20.7. The monoisotopic (exact) mass is 253 g/mol. The molecule has 1 aromatic carbocycles. The summed E-state index contributed by atoms with van der Waals surface area (Å²) in [5, 5.41) is 8.70. The number of hydrogen-bond donors (Lipinski definition) is 2. The number of hydrogen-bond acceptors (Lipinski definition) is 2. The molecular formula is C16H15NO2. The van der Waals surface area contributed by atoms with Crippen LogP contribution < -0.4 is 5.73 Å². The first kappa shape index (κ1) is 12.9. The molecule has 2 rings (SSSR count). The maximum absolute atomic E-state index is 10.6. The van der Waals surface area contributed by atoms with E-state index in [-0.39, 0.29) is 5.92 Å². The molecule has 0 aromatic heterocycles. The van der Waals surface area contributed by atoms with E-state index in [1.54, 1.807) is 12.2 Å². The molecule has 96 valence electrons. The van der Waals surface area contributed by atoms with Crippen molar-refractivity contribution in [1.29, 1.82) is 0 Å². The molecule has 1 aliphatic rings. The molecular weight excluding hydrogens is 238 g/mol. The van der Waals surface area contributed by atoms with Crippen molar-refractivity contribution in [1.82, 2.24) is 0 Å². The average molecular weight is 253 g/mol. The smallest absolute Gasteiger partial charge is 0.328 e. The first-order chi connectivity index (χ1) is 9.15. The minimum atomic E-state index is -0.949. The van der Waals surface area contributed by atoms with Crippen LogP contribution in [0, 0.1) is 5.92 Å². The Balaban J connectivity index is 2.31. The van der Waals surface area contributed by atoms with Crippen LogP contribution in [0.25, 0.3) is 6.08 Å². The largest absolute Gasteiger partial charge is 0.478 e. The van der Waals surface area contributed by atoms with Gasteiger partial charge in [0, 0.05) is 17.7 Å². The first-order valence-corrected chi connectivity index (χ1v) is 5.98. The Morgan fingerprint density at radius 1 is 1.26 bits per heavy atom. The molecule has 0 spiro atoms. The van der Waals surface area contributed by atoms with Crippen LogP contribution in [0.3, 0.4) is 0 Å². The zero-order valence-corrected chi connectivity index (χ0v) is 10.4. The van der Waals surface area contributed by atoms with Crippen LogP contribution in [0.2, 0.25) is 0 Å². The molecule has 0 bridgehead atoms. The maximum atomic E-state index is 10.6. The van der Waals surface area contributed by atoms with Gasteiger partial charge in [-0.15, -0.1) is 0 Å². The summed E-state index contributed by atoms with van der Waals surface area (Å²) in [4.78, 5) is 10.6. The van der Waals surface area contributed by atoms with Gasteiger partial charge in [-0.25, -0.2) is 4.79 Å². The van der Waals surface area contributed by atoms with Crippen molar-refractivity contribution in [2.45, 2.75) is 0 Å². The second-order valence-electron chi connectivity index (χ2n) is 4.28. The van der Waals surface area contributed by atoms with Crippen LogP contribution in [0.1, 0.15) is 5.56 Å². The lowest BCUT2D eigenvalue weighted by atomic mass is 9.91. The third-order valence-corrected chi connectivity index (χ3v) is 2.79. The molecule has 19 heavy (non-hydrogen) atoms. The fourth-order valence-electron chi connectivity index (χ4n) is 1.90. The molecule has 1 atom stereocenters. The molecule has 1 aromatic rings. The standard InChI is InChI=1S/C16H15NO2/c17-15-8-6-13(7-9-16(18)19)14(11-15)10-12-4-2-1-3-5-12/h1-11,13H,17H2,(H,18,19). The Kier molecular flexibility index (Phi) is 3.98. The van der Waals surface area contributed by atoms with Crippen LogP contribution in [-0.4, -0.2) is 11.1 Å². The van der Waals surface area contributed by atoms with Crippen LogP contribution in [0.15, 0.2) is 72.0 Å². The number of carbonyl (C=O) groups is 1. The van der Waals surface area contributed by atoms with E-state index < -0.39 is 5.97 Å². The van der Waals surface area contributed by atoms with Crippen molar-refractivity contribution in [3.05, 3.63) is 77.5 Å². The van der Waals surface area contributed by atoms with Crippen LogP contribution in [0.4, 0.5) is 0 Å². The van der Waals surface area contributed by atoms with Gasteiger partial charge in [0.25, 0.3) is 0 Å². The molecule has 0 fully saturated rings. The lowest BCUT2D eigenvalue weighted by Gasteiger charge is -2.15. The Morgan fingerprint density at radius 3 is 2.68 bits per heavy atom. The molecule has 1 unspecified atom stereocenters. The van der Waals surface area contributed by atoms with Crippen LogP contribution >= 0.6 is 0 Å². The van der Waals surface area contributed by atoms with E-state index in [1.165, 1.54) is 0 Å². The molecule has 0 heterocycles. The molecule has 3 nitrogen and oxygen atoms in total.